The number of thiophene rings is 1. The minimum Gasteiger partial charge on any atom is -0.486 e. The molecule has 2 aromatic heterocycles. The van der Waals surface area contributed by atoms with E-state index in [1.54, 1.807) is 0 Å². The van der Waals surface area contributed by atoms with Gasteiger partial charge in [-0.3, -0.25) is 4.79 Å². The molecule has 6 nitrogen and oxygen atoms in total. The molecule has 0 fully saturated rings. The van der Waals surface area contributed by atoms with Crippen LogP contribution in [0.5, 0.6) is 11.5 Å². The molecule has 7 heteroatoms. The maximum atomic E-state index is 12.7. The number of para-hydroxylation sites is 2. The van der Waals surface area contributed by atoms with Gasteiger partial charge in [-0.05, 0) is 31.5 Å². The number of rotatable bonds is 4. The van der Waals surface area contributed by atoms with Crippen molar-refractivity contribution >= 4 is 27.5 Å². The number of nitrogens with zero attached hydrogens (tertiary/aromatic N) is 2. The molecule has 0 unspecified atom stereocenters. The van der Waals surface area contributed by atoms with Gasteiger partial charge in [0.15, 0.2) is 11.5 Å². The second kappa shape index (κ2) is 7.15. The first kappa shape index (κ1) is 17.7. The number of hydrogen-bond acceptors (Lipinski definition) is 6. The maximum Gasteiger partial charge on any atom is 0.261 e. The van der Waals surface area contributed by atoms with Crippen LogP contribution in [0.3, 0.4) is 0 Å². The van der Waals surface area contributed by atoms with E-state index in [0.29, 0.717) is 23.8 Å². The number of carbonyl (C=O) groups is 1. The zero-order chi connectivity index (χ0) is 19.0. The van der Waals surface area contributed by atoms with Crippen molar-refractivity contribution in [3.8, 4) is 11.5 Å². The number of amides is 1. The van der Waals surface area contributed by atoms with Gasteiger partial charge in [0.1, 0.15) is 23.4 Å². The summed E-state index contributed by atoms with van der Waals surface area (Å²) in [5.74, 6) is 2.13. The third kappa shape index (κ3) is 3.35. The molecule has 0 saturated carbocycles. The number of benzene rings is 1. The second-order valence-corrected chi connectivity index (χ2v) is 7.52. The van der Waals surface area contributed by atoms with E-state index in [1.165, 1.54) is 11.3 Å². The Hall–Kier alpha value is -2.67. The standard InChI is InChI=1S/C20H21N3O3S/c1-4-16-22-12(3)17-11(2)18(27-20(17)23-16)19(24)21-9-13-10-25-14-7-5-6-8-15(14)26-13/h5-8,13H,4,9-10H2,1-3H3,(H,21,24)/t13-/m0/s1. The Labute approximate surface area is 161 Å². The summed E-state index contributed by atoms with van der Waals surface area (Å²) in [6.07, 6.45) is 0.558. The molecule has 0 saturated heterocycles. The third-order valence-electron chi connectivity index (χ3n) is 4.60. The van der Waals surface area contributed by atoms with Crippen LogP contribution in [0.4, 0.5) is 0 Å². The number of hydrogen-bond donors (Lipinski definition) is 1. The fourth-order valence-electron chi connectivity index (χ4n) is 3.22. The van der Waals surface area contributed by atoms with Crippen molar-refractivity contribution in [1.82, 2.24) is 15.3 Å². The molecule has 0 aliphatic carbocycles. The molecule has 0 radical (unpaired) electrons. The lowest BCUT2D eigenvalue weighted by molar-refractivity contribution is 0.0791. The zero-order valence-corrected chi connectivity index (χ0v) is 16.4. The summed E-state index contributed by atoms with van der Waals surface area (Å²) < 4.78 is 11.6. The summed E-state index contributed by atoms with van der Waals surface area (Å²) in [6, 6.07) is 7.55. The number of aryl methyl sites for hydroxylation is 3. The molecule has 1 aliphatic heterocycles. The third-order valence-corrected chi connectivity index (χ3v) is 5.78. The normalized spacial score (nSPS) is 15.7. The quantitative estimate of drug-likeness (QED) is 0.747. The molecular weight excluding hydrogens is 362 g/mol. The highest BCUT2D eigenvalue weighted by Crippen LogP contribution is 2.32. The monoisotopic (exact) mass is 383 g/mol. The highest BCUT2D eigenvalue weighted by atomic mass is 32.1. The van der Waals surface area contributed by atoms with Crippen LogP contribution in [0.25, 0.3) is 10.2 Å². The van der Waals surface area contributed by atoms with Gasteiger partial charge in [0.25, 0.3) is 5.91 Å². The van der Waals surface area contributed by atoms with E-state index in [2.05, 4.69) is 15.3 Å². The minimum atomic E-state index is -0.216. The first-order valence-corrected chi connectivity index (χ1v) is 9.81. The van der Waals surface area contributed by atoms with Gasteiger partial charge in [-0.25, -0.2) is 9.97 Å². The SMILES string of the molecule is CCc1nc(C)c2c(C)c(C(=O)NC[C@H]3COc4ccccc4O3)sc2n1. The van der Waals surface area contributed by atoms with Crippen molar-refractivity contribution in [2.75, 3.05) is 13.2 Å². The zero-order valence-electron chi connectivity index (χ0n) is 15.5. The van der Waals surface area contributed by atoms with E-state index in [9.17, 15) is 4.79 Å². The van der Waals surface area contributed by atoms with Crippen LogP contribution in [-0.4, -0.2) is 35.1 Å². The summed E-state index contributed by atoms with van der Waals surface area (Å²) in [5, 5.41) is 3.95. The van der Waals surface area contributed by atoms with Crippen LogP contribution < -0.4 is 14.8 Å². The first-order chi connectivity index (χ1) is 13.1. The van der Waals surface area contributed by atoms with Gasteiger partial charge in [-0.1, -0.05) is 19.1 Å². The van der Waals surface area contributed by atoms with E-state index in [-0.39, 0.29) is 12.0 Å². The van der Waals surface area contributed by atoms with Gasteiger partial charge in [-0.15, -0.1) is 11.3 Å². The molecule has 1 amide bonds. The molecule has 0 bridgehead atoms. The topological polar surface area (TPSA) is 73.3 Å². The van der Waals surface area contributed by atoms with Gasteiger partial charge in [-0.2, -0.15) is 0 Å². The summed E-state index contributed by atoms with van der Waals surface area (Å²) in [6.45, 7) is 6.74. The van der Waals surface area contributed by atoms with E-state index in [4.69, 9.17) is 9.47 Å². The van der Waals surface area contributed by atoms with Gasteiger partial charge < -0.3 is 14.8 Å². The molecule has 1 aromatic carbocycles. The number of aromatic nitrogens is 2. The summed E-state index contributed by atoms with van der Waals surface area (Å²) >= 11 is 1.42. The lowest BCUT2D eigenvalue weighted by atomic mass is 10.1. The number of ether oxygens (including phenoxy) is 2. The van der Waals surface area contributed by atoms with Crippen LogP contribution in [0.15, 0.2) is 24.3 Å². The molecule has 0 spiro atoms. The van der Waals surface area contributed by atoms with Crippen molar-refractivity contribution in [2.45, 2.75) is 33.3 Å². The molecule has 3 heterocycles. The Morgan fingerprint density at radius 1 is 1.26 bits per heavy atom. The van der Waals surface area contributed by atoms with Crippen LogP contribution in [-0.2, 0) is 6.42 Å². The molecular formula is C20H21N3O3S. The summed E-state index contributed by atoms with van der Waals surface area (Å²) in [7, 11) is 0. The van der Waals surface area contributed by atoms with Gasteiger partial charge >= 0.3 is 0 Å². The lowest BCUT2D eigenvalue weighted by Crippen LogP contribution is -2.40. The molecule has 4 rings (SSSR count). The first-order valence-electron chi connectivity index (χ1n) is 9.00. The van der Waals surface area contributed by atoms with Gasteiger partial charge in [0.05, 0.1) is 11.4 Å². The number of carbonyl (C=O) groups excluding carboxylic acids is 1. The van der Waals surface area contributed by atoms with Crippen molar-refractivity contribution in [3.05, 3.63) is 46.2 Å². The smallest absolute Gasteiger partial charge is 0.261 e. The molecule has 1 N–H and O–H groups in total. The molecule has 1 atom stereocenters. The van der Waals surface area contributed by atoms with E-state index in [0.717, 1.165) is 39.5 Å². The van der Waals surface area contributed by atoms with E-state index >= 15 is 0 Å². The Balaban J connectivity index is 1.49. The fraction of sp³-hybridized carbons (Fsp3) is 0.350. The largest absolute Gasteiger partial charge is 0.486 e. The van der Waals surface area contributed by atoms with Crippen LogP contribution in [0.1, 0.15) is 33.7 Å². The van der Waals surface area contributed by atoms with Crippen molar-refractivity contribution in [2.24, 2.45) is 0 Å². The molecule has 1 aliphatic rings. The van der Waals surface area contributed by atoms with Crippen molar-refractivity contribution in [1.29, 1.82) is 0 Å². The number of nitrogens with one attached hydrogen (secondary N) is 1. The maximum absolute atomic E-state index is 12.7. The Kier molecular flexibility index (Phi) is 4.70. The summed E-state index contributed by atoms with van der Waals surface area (Å²) in [4.78, 5) is 23.4. The van der Waals surface area contributed by atoms with E-state index in [1.807, 2.05) is 45.0 Å². The fourth-order valence-corrected chi connectivity index (χ4v) is 4.39. The predicted molar refractivity (Wildman–Crippen MR) is 105 cm³/mol. The average Bonchev–Trinajstić information content (AvgIpc) is 3.02. The van der Waals surface area contributed by atoms with Crippen molar-refractivity contribution in [3.63, 3.8) is 0 Å². The van der Waals surface area contributed by atoms with Crippen LogP contribution >= 0.6 is 11.3 Å². The van der Waals surface area contributed by atoms with Gasteiger partial charge in [0, 0.05) is 17.5 Å². The summed E-state index contributed by atoms with van der Waals surface area (Å²) in [5.41, 5.74) is 1.85. The predicted octanol–water partition coefficient (Wildman–Crippen LogP) is 3.44. The van der Waals surface area contributed by atoms with Crippen LogP contribution in [0.2, 0.25) is 0 Å². The average molecular weight is 383 g/mol. The lowest BCUT2D eigenvalue weighted by Gasteiger charge is -2.26. The molecule has 27 heavy (non-hydrogen) atoms. The molecule has 3 aromatic rings. The van der Waals surface area contributed by atoms with E-state index < -0.39 is 0 Å². The Morgan fingerprint density at radius 3 is 2.81 bits per heavy atom. The van der Waals surface area contributed by atoms with Crippen LogP contribution in [0, 0.1) is 13.8 Å². The highest BCUT2D eigenvalue weighted by Gasteiger charge is 2.23. The Bertz CT molecular complexity index is 1020. The second-order valence-electron chi connectivity index (χ2n) is 6.52. The Morgan fingerprint density at radius 2 is 2.04 bits per heavy atom. The van der Waals surface area contributed by atoms with Crippen molar-refractivity contribution < 1.29 is 14.3 Å². The highest BCUT2D eigenvalue weighted by molar-refractivity contribution is 7.20. The van der Waals surface area contributed by atoms with Gasteiger partial charge in [0.2, 0.25) is 0 Å². The molecule has 140 valence electrons. The number of fused-ring (bicyclic) bond motifs is 2. The minimum absolute atomic E-state index is 0.115.